The van der Waals surface area contributed by atoms with Gasteiger partial charge in [-0.3, -0.25) is 24.3 Å². The van der Waals surface area contributed by atoms with Crippen molar-refractivity contribution in [2.75, 3.05) is 19.5 Å². The zero-order valence-corrected chi connectivity index (χ0v) is 25.2. The van der Waals surface area contributed by atoms with Gasteiger partial charge in [-0.1, -0.05) is 41.7 Å². The molecule has 0 unspecified atom stereocenters. The average Bonchev–Trinajstić information content (AvgIpc) is 3.64. The molecule has 3 aromatic carbocycles. The molecule has 3 heterocycles. The Hall–Kier alpha value is -5.75. The molecule has 1 atom stereocenters. The normalized spacial score (nSPS) is 14.5. The van der Waals surface area contributed by atoms with Crippen LogP contribution in [0, 0.1) is 10.1 Å². The Balaban J connectivity index is 1.44. The summed E-state index contributed by atoms with van der Waals surface area (Å²) in [5.41, 5.74) is 1.84. The van der Waals surface area contributed by atoms with Crippen LogP contribution in [0.5, 0.6) is 11.5 Å². The maximum Gasteiger partial charge on any atom is 0.284 e. The molecule has 1 amide bonds. The summed E-state index contributed by atoms with van der Waals surface area (Å²) < 4.78 is 18.2. The fourth-order valence-corrected chi connectivity index (χ4v) is 6.16. The summed E-state index contributed by atoms with van der Waals surface area (Å²) in [6.07, 6.45) is 1.57. The van der Waals surface area contributed by atoms with Gasteiger partial charge in [0.05, 0.1) is 52.6 Å². The Morgan fingerprint density at radius 3 is 2.42 bits per heavy atom. The van der Waals surface area contributed by atoms with E-state index >= 15 is 0 Å². The van der Waals surface area contributed by atoms with Crippen LogP contribution in [0.25, 0.3) is 17.4 Å². The lowest BCUT2D eigenvalue weighted by Crippen LogP contribution is -2.40. The first-order chi connectivity index (χ1) is 21.8. The number of rotatable bonds is 8. The molecule has 6 rings (SSSR count). The number of hydrogen-bond donors (Lipinski definition) is 1. The number of thiazole rings is 1. The lowest BCUT2D eigenvalue weighted by molar-refractivity contribution is -0.384. The molecule has 1 aliphatic rings. The fourth-order valence-electron chi connectivity index (χ4n) is 5.14. The summed E-state index contributed by atoms with van der Waals surface area (Å²) in [6, 6.07) is 23.2. The number of aromatic nitrogens is 1. The predicted octanol–water partition coefficient (Wildman–Crippen LogP) is 5.06. The van der Waals surface area contributed by atoms with Crippen LogP contribution in [-0.2, 0) is 4.79 Å². The smallest absolute Gasteiger partial charge is 0.284 e. The number of ether oxygens (including phenoxy) is 2. The molecule has 0 saturated carbocycles. The fraction of sp³-hybridized carbons (Fsp3) is 0.121. The lowest BCUT2D eigenvalue weighted by atomic mass is 9.95. The molecular weight excluding hydrogens is 596 g/mol. The molecule has 0 saturated heterocycles. The van der Waals surface area contributed by atoms with E-state index in [0.717, 1.165) is 11.3 Å². The molecule has 226 valence electrons. The Kier molecular flexibility index (Phi) is 7.88. The third kappa shape index (κ3) is 5.66. The number of hydrogen-bond acceptors (Lipinski definition) is 9. The number of fused-ring (bicyclic) bond motifs is 1. The highest BCUT2D eigenvalue weighted by atomic mass is 32.1. The molecule has 11 nitrogen and oxygen atoms in total. The van der Waals surface area contributed by atoms with E-state index in [9.17, 15) is 19.7 Å². The second kappa shape index (κ2) is 12.1. The lowest BCUT2D eigenvalue weighted by Gasteiger charge is -2.25. The molecule has 2 aromatic heterocycles. The van der Waals surface area contributed by atoms with Gasteiger partial charge in [-0.15, -0.1) is 0 Å². The maximum atomic E-state index is 14.0. The van der Waals surface area contributed by atoms with Crippen LogP contribution in [0.2, 0.25) is 0 Å². The van der Waals surface area contributed by atoms with Gasteiger partial charge in [0, 0.05) is 11.8 Å². The van der Waals surface area contributed by atoms with E-state index in [4.69, 9.17) is 13.9 Å². The van der Waals surface area contributed by atoms with E-state index in [-0.39, 0.29) is 28.5 Å². The Morgan fingerprint density at radius 2 is 1.73 bits per heavy atom. The molecule has 12 heteroatoms. The minimum absolute atomic E-state index is 0.175. The van der Waals surface area contributed by atoms with Crippen molar-refractivity contribution < 1.29 is 23.6 Å². The SMILES string of the molecule is COc1ccc([C@H]2C(C(=O)Nc3ccccc3)=C(C)N=c3s/c(=C/c4ccc(-c5ccc(OC)cc5[N+](=O)[O-])o4)c(=O)n32)cc1. The number of nitrogens with one attached hydrogen (secondary N) is 1. The monoisotopic (exact) mass is 622 g/mol. The summed E-state index contributed by atoms with van der Waals surface area (Å²) in [4.78, 5) is 44.0. The number of carbonyl (C=O) groups excluding carboxylic acids is 1. The van der Waals surface area contributed by atoms with Crippen LogP contribution in [-0.4, -0.2) is 29.6 Å². The minimum atomic E-state index is -0.771. The van der Waals surface area contributed by atoms with Crippen molar-refractivity contribution >= 4 is 34.7 Å². The van der Waals surface area contributed by atoms with E-state index < -0.39 is 11.0 Å². The molecule has 0 radical (unpaired) electrons. The van der Waals surface area contributed by atoms with Crippen LogP contribution >= 0.6 is 11.3 Å². The number of nitro groups is 1. The second-order valence-corrected chi connectivity index (χ2v) is 11.0. The van der Waals surface area contributed by atoms with Crippen LogP contribution in [0.3, 0.4) is 0 Å². The molecule has 0 fully saturated rings. The number of amides is 1. The number of furan rings is 1. The molecular formula is C33H26N4O7S. The van der Waals surface area contributed by atoms with E-state index in [0.29, 0.717) is 49.1 Å². The molecule has 0 aliphatic carbocycles. The van der Waals surface area contributed by atoms with Crippen molar-refractivity contribution in [2.45, 2.75) is 13.0 Å². The summed E-state index contributed by atoms with van der Waals surface area (Å²) >= 11 is 1.16. The zero-order chi connectivity index (χ0) is 31.7. The number of nitrogens with zero attached hydrogens (tertiary/aromatic N) is 3. The average molecular weight is 623 g/mol. The van der Waals surface area contributed by atoms with Crippen molar-refractivity contribution in [2.24, 2.45) is 4.99 Å². The van der Waals surface area contributed by atoms with E-state index in [1.807, 2.05) is 30.3 Å². The predicted molar refractivity (Wildman–Crippen MR) is 169 cm³/mol. The van der Waals surface area contributed by atoms with Gasteiger partial charge in [0.2, 0.25) is 0 Å². The molecule has 0 bridgehead atoms. The highest BCUT2D eigenvalue weighted by Crippen LogP contribution is 2.35. The quantitative estimate of drug-likeness (QED) is 0.189. The Bertz CT molecular complexity index is 2150. The van der Waals surface area contributed by atoms with E-state index in [1.54, 1.807) is 68.6 Å². The number of benzene rings is 3. The first-order valence-corrected chi connectivity index (χ1v) is 14.5. The van der Waals surface area contributed by atoms with Crippen LogP contribution in [0.4, 0.5) is 11.4 Å². The molecule has 0 spiro atoms. The molecule has 5 aromatic rings. The summed E-state index contributed by atoms with van der Waals surface area (Å²) in [6.45, 7) is 1.74. The standard InChI is InChI=1S/C33H26N4O7S/c1-19-29(31(38)35-21-7-5-4-6-8-21)30(20-9-11-22(42-2)12-10-20)36-32(39)28(45-33(36)34-19)18-24-14-16-27(44-24)25-15-13-23(43-3)17-26(25)37(40)41/h4-18,30H,1-3H3,(H,35,38)/b28-18+/t30-/m0/s1. The van der Waals surface area contributed by atoms with Crippen molar-refractivity contribution in [1.29, 1.82) is 0 Å². The van der Waals surface area contributed by atoms with Crippen LogP contribution in [0.1, 0.15) is 24.3 Å². The number of allylic oxidation sites excluding steroid dienone is 1. The zero-order valence-electron chi connectivity index (χ0n) is 24.3. The molecule has 1 aliphatic heterocycles. The third-order valence-electron chi connectivity index (χ3n) is 7.30. The highest BCUT2D eigenvalue weighted by Gasteiger charge is 2.32. The van der Waals surface area contributed by atoms with Crippen molar-refractivity contribution in [3.63, 3.8) is 0 Å². The van der Waals surface area contributed by atoms with Gasteiger partial charge in [-0.05, 0) is 61.0 Å². The number of nitro benzene ring substituents is 1. The number of carbonyl (C=O) groups is 1. The second-order valence-electron chi connectivity index (χ2n) is 10.0. The van der Waals surface area contributed by atoms with E-state index in [2.05, 4.69) is 10.3 Å². The number of anilines is 1. The maximum absolute atomic E-state index is 14.0. The van der Waals surface area contributed by atoms with Crippen LogP contribution < -0.4 is 29.7 Å². The topological polar surface area (TPSA) is 138 Å². The van der Waals surface area contributed by atoms with Gasteiger partial charge in [0.15, 0.2) is 4.80 Å². The van der Waals surface area contributed by atoms with Crippen LogP contribution in [0.15, 0.2) is 110 Å². The Labute approximate surface area is 260 Å². The highest BCUT2D eigenvalue weighted by molar-refractivity contribution is 7.07. The van der Waals surface area contributed by atoms with Gasteiger partial charge in [0.1, 0.15) is 23.0 Å². The third-order valence-corrected chi connectivity index (χ3v) is 8.28. The van der Waals surface area contributed by atoms with Gasteiger partial charge in [-0.2, -0.15) is 0 Å². The first-order valence-electron chi connectivity index (χ1n) is 13.7. The van der Waals surface area contributed by atoms with Crippen molar-refractivity contribution in [3.05, 3.63) is 137 Å². The van der Waals surface area contributed by atoms with Gasteiger partial charge in [0.25, 0.3) is 17.2 Å². The van der Waals surface area contributed by atoms with Gasteiger partial charge < -0.3 is 19.2 Å². The summed E-state index contributed by atoms with van der Waals surface area (Å²) in [5.74, 6) is 1.17. The largest absolute Gasteiger partial charge is 0.497 e. The number of methoxy groups -OCH3 is 2. The summed E-state index contributed by atoms with van der Waals surface area (Å²) in [7, 11) is 2.99. The summed E-state index contributed by atoms with van der Waals surface area (Å²) in [5, 5.41) is 14.6. The molecule has 1 N–H and O–H groups in total. The van der Waals surface area contributed by atoms with Crippen molar-refractivity contribution in [3.8, 4) is 22.8 Å². The van der Waals surface area contributed by atoms with E-state index in [1.165, 1.54) is 17.7 Å². The first kappa shape index (κ1) is 29.3. The minimum Gasteiger partial charge on any atom is -0.497 e. The number of para-hydroxylation sites is 1. The Morgan fingerprint density at radius 1 is 1.02 bits per heavy atom. The molecule has 45 heavy (non-hydrogen) atoms. The van der Waals surface area contributed by atoms with Gasteiger partial charge >= 0.3 is 0 Å². The van der Waals surface area contributed by atoms with Crippen molar-refractivity contribution in [1.82, 2.24) is 4.57 Å². The van der Waals surface area contributed by atoms with Gasteiger partial charge in [-0.25, -0.2) is 4.99 Å².